The minimum atomic E-state index is -3.74. The summed E-state index contributed by atoms with van der Waals surface area (Å²) < 4.78 is 47.0. The summed E-state index contributed by atoms with van der Waals surface area (Å²) in [6.07, 6.45) is 0.0536. The van der Waals surface area contributed by atoms with Crippen LogP contribution in [0.5, 0.6) is 5.75 Å². The van der Waals surface area contributed by atoms with Gasteiger partial charge >= 0.3 is 0 Å². The Morgan fingerprint density at radius 1 is 1.16 bits per heavy atom. The van der Waals surface area contributed by atoms with Crippen LogP contribution in [0.25, 0.3) is 0 Å². The zero-order valence-corrected chi connectivity index (χ0v) is 17.2. The highest BCUT2D eigenvalue weighted by atomic mass is 127. The molecular weight excluding hydrogens is 503 g/mol. The maximum atomic E-state index is 13.9. The predicted octanol–water partition coefficient (Wildman–Crippen LogP) is 4.58. The van der Waals surface area contributed by atoms with Crippen LogP contribution in [0.15, 0.2) is 41.3 Å². The third-order valence-corrected chi connectivity index (χ3v) is 6.72. The van der Waals surface area contributed by atoms with Gasteiger partial charge in [-0.25, -0.2) is 12.8 Å². The van der Waals surface area contributed by atoms with Crippen LogP contribution >= 0.6 is 45.8 Å². The van der Waals surface area contributed by atoms with Crippen LogP contribution in [-0.2, 0) is 10.0 Å². The number of ether oxygens (including phenoxy) is 1. The molecule has 0 aliphatic carbocycles. The molecular formula is C16H13Cl2FINO3S. The van der Waals surface area contributed by atoms with Gasteiger partial charge in [0, 0.05) is 20.2 Å². The molecule has 134 valence electrons. The second-order valence-electron chi connectivity index (χ2n) is 5.57. The van der Waals surface area contributed by atoms with Crippen molar-refractivity contribution in [3.05, 3.63) is 55.8 Å². The topological polar surface area (TPSA) is 46.6 Å². The van der Waals surface area contributed by atoms with Crippen molar-refractivity contribution in [1.82, 2.24) is 4.31 Å². The van der Waals surface area contributed by atoms with Crippen LogP contribution in [0, 0.1) is 9.39 Å². The predicted molar refractivity (Wildman–Crippen MR) is 103 cm³/mol. The summed E-state index contributed by atoms with van der Waals surface area (Å²) in [5.74, 6) is -0.342. The van der Waals surface area contributed by atoms with E-state index >= 15 is 0 Å². The van der Waals surface area contributed by atoms with Gasteiger partial charge in [-0.1, -0.05) is 23.2 Å². The fourth-order valence-corrected chi connectivity index (χ4v) is 5.26. The lowest BCUT2D eigenvalue weighted by Gasteiger charge is -2.18. The first-order valence-electron chi connectivity index (χ1n) is 7.33. The summed E-state index contributed by atoms with van der Waals surface area (Å²) in [4.78, 5) is 0.0334. The summed E-state index contributed by atoms with van der Waals surface area (Å²) in [6.45, 7) is 0.418. The van der Waals surface area contributed by atoms with E-state index in [-0.39, 0.29) is 33.8 Å². The molecule has 1 heterocycles. The van der Waals surface area contributed by atoms with Gasteiger partial charge in [-0.15, -0.1) is 0 Å². The van der Waals surface area contributed by atoms with E-state index in [1.165, 1.54) is 28.6 Å². The lowest BCUT2D eigenvalue weighted by atomic mass is 10.3. The highest BCUT2D eigenvalue weighted by Gasteiger charge is 2.34. The summed E-state index contributed by atoms with van der Waals surface area (Å²) in [7, 11) is -3.74. The van der Waals surface area contributed by atoms with Crippen LogP contribution in [0.3, 0.4) is 0 Å². The molecule has 1 atom stereocenters. The molecule has 1 aliphatic rings. The third-order valence-electron chi connectivity index (χ3n) is 3.77. The SMILES string of the molecule is O=S(=O)(c1cc(Cl)cc(Cl)c1)N1CC[C@@H](Oc2ccc(I)cc2F)C1. The number of benzene rings is 2. The Bertz CT molecular complexity index is 890. The minimum absolute atomic E-state index is 0.0334. The average molecular weight is 516 g/mol. The van der Waals surface area contributed by atoms with Crippen molar-refractivity contribution in [3.63, 3.8) is 0 Å². The van der Waals surface area contributed by atoms with Crippen LogP contribution in [0.1, 0.15) is 6.42 Å². The van der Waals surface area contributed by atoms with Gasteiger partial charge in [-0.2, -0.15) is 4.31 Å². The molecule has 2 aromatic carbocycles. The van der Waals surface area contributed by atoms with E-state index in [9.17, 15) is 12.8 Å². The molecule has 0 radical (unpaired) electrons. The lowest BCUT2D eigenvalue weighted by molar-refractivity contribution is 0.206. The molecule has 0 bridgehead atoms. The summed E-state index contributed by atoms with van der Waals surface area (Å²) in [5.41, 5.74) is 0. The first kappa shape index (κ1) is 19.2. The van der Waals surface area contributed by atoms with Crippen LogP contribution in [0.2, 0.25) is 10.0 Å². The summed E-state index contributed by atoms with van der Waals surface area (Å²) in [6, 6.07) is 8.83. The molecule has 0 unspecified atom stereocenters. The normalized spacial score (nSPS) is 18.5. The smallest absolute Gasteiger partial charge is 0.243 e. The van der Waals surface area contributed by atoms with Crippen LogP contribution in [-0.4, -0.2) is 31.9 Å². The Balaban J connectivity index is 1.75. The first-order valence-corrected chi connectivity index (χ1v) is 10.6. The van der Waals surface area contributed by atoms with Crippen molar-refractivity contribution in [2.75, 3.05) is 13.1 Å². The third kappa shape index (κ3) is 4.39. The van der Waals surface area contributed by atoms with Gasteiger partial charge < -0.3 is 4.74 Å². The van der Waals surface area contributed by atoms with Crippen molar-refractivity contribution in [2.24, 2.45) is 0 Å². The van der Waals surface area contributed by atoms with Gasteiger partial charge in [0.2, 0.25) is 10.0 Å². The van der Waals surface area contributed by atoms with Gasteiger partial charge in [-0.3, -0.25) is 0 Å². The standard InChI is InChI=1S/C16H13Cl2FINO3S/c17-10-5-11(18)7-14(6-10)25(22,23)21-4-3-13(9-21)24-16-2-1-12(20)8-15(16)19/h1-2,5-8,13H,3-4,9H2/t13-/m1/s1. The number of hydrogen-bond acceptors (Lipinski definition) is 3. The Morgan fingerprint density at radius 2 is 1.84 bits per heavy atom. The largest absolute Gasteiger partial charge is 0.486 e. The van der Waals surface area contributed by atoms with Crippen LogP contribution in [0.4, 0.5) is 4.39 Å². The second-order valence-corrected chi connectivity index (χ2v) is 9.63. The molecule has 0 amide bonds. The number of sulfonamides is 1. The Labute approximate surface area is 169 Å². The van der Waals surface area contributed by atoms with Crippen molar-refractivity contribution < 1.29 is 17.5 Å². The Morgan fingerprint density at radius 3 is 2.48 bits per heavy atom. The van der Waals surface area contributed by atoms with Crippen LogP contribution < -0.4 is 4.74 Å². The summed E-state index contributed by atoms with van der Waals surface area (Å²) >= 11 is 13.8. The molecule has 3 rings (SSSR count). The lowest BCUT2D eigenvalue weighted by Crippen LogP contribution is -2.31. The van der Waals surface area contributed by atoms with E-state index in [0.29, 0.717) is 6.42 Å². The second kappa shape index (κ2) is 7.56. The Kier molecular flexibility index (Phi) is 5.79. The van der Waals surface area contributed by atoms with E-state index in [1.807, 2.05) is 22.6 Å². The summed E-state index contributed by atoms with van der Waals surface area (Å²) in [5, 5.41) is 0.498. The van der Waals surface area contributed by atoms with E-state index < -0.39 is 21.9 Å². The fraction of sp³-hybridized carbons (Fsp3) is 0.250. The molecule has 0 saturated carbocycles. The van der Waals surface area contributed by atoms with Gasteiger partial charge in [-0.05, 0) is 65.4 Å². The zero-order valence-electron chi connectivity index (χ0n) is 12.8. The molecule has 25 heavy (non-hydrogen) atoms. The first-order chi connectivity index (χ1) is 11.8. The van der Waals surface area contributed by atoms with Crippen molar-refractivity contribution in [1.29, 1.82) is 0 Å². The van der Waals surface area contributed by atoms with E-state index in [1.54, 1.807) is 12.1 Å². The molecule has 1 fully saturated rings. The highest BCUT2D eigenvalue weighted by molar-refractivity contribution is 14.1. The van der Waals surface area contributed by atoms with E-state index in [2.05, 4.69) is 0 Å². The molecule has 4 nitrogen and oxygen atoms in total. The molecule has 0 N–H and O–H groups in total. The highest BCUT2D eigenvalue weighted by Crippen LogP contribution is 2.29. The molecule has 1 aliphatic heterocycles. The number of hydrogen-bond donors (Lipinski definition) is 0. The van der Waals surface area contributed by atoms with Gasteiger partial charge in [0.05, 0.1) is 11.4 Å². The average Bonchev–Trinajstić information content (AvgIpc) is 2.98. The maximum Gasteiger partial charge on any atom is 0.243 e. The van der Waals surface area contributed by atoms with Crippen molar-refractivity contribution in [2.45, 2.75) is 17.4 Å². The van der Waals surface area contributed by atoms with Gasteiger partial charge in [0.25, 0.3) is 0 Å². The molecule has 1 saturated heterocycles. The monoisotopic (exact) mass is 515 g/mol. The van der Waals surface area contributed by atoms with E-state index in [0.717, 1.165) is 3.57 Å². The van der Waals surface area contributed by atoms with Gasteiger partial charge in [0.1, 0.15) is 6.10 Å². The Hall–Kier alpha value is -0.610. The van der Waals surface area contributed by atoms with Crippen molar-refractivity contribution in [3.8, 4) is 5.75 Å². The van der Waals surface area contributed by atoms with E-state index in [4.69, 9.17) is 27.9 Å². The quantitative estimate of drug-likeness (QED) is 0.560. The number of rotatable bonds is 4. The van der Waals surface area contributed by atoms with Gasteiger partial charge in [0.15, 0.2) is 11.6 Å². The molecule has 0 spiro atoms. The molecule has 2 aromatic rings. The number of halogens is 4. The molecule has 9 heteroatoms. The maximum absolute atomic E-state index is 13.9. The number of nitrogens with zero attached hydrogens (tertiary/aromatic N) is 1. The zero-order chi connectivity index (χ0) is 18.2. The fourth-order valence-electron chi connectivity index (χ4n) is 2.59. The molecule has 0 aromatic heterocycles. The minimum Gasteiger partial charge on any atom is -0.486 e. The van der Waals surface area contributed by atoms with Crippen molar-refractivity contribution >= 4 is 55.8 Å².